The number of halogens is 1. The van der Waals surface area contributed by atoms with Gasteiger partial charge in [0.2, 0.25) is 0 Å². The Bertz CT molecular complexity index is 797. The fraction of sp³-hybridized carbons (Fsp3) is 0.316. The van der Waals surface area contributed by atoms with Crippen molar-refractivity contribution >= 4 is 17.3 Å². The highest BCUT2D eigenvalue weighted by atomic mass is 32.1. The SMILES string of the molecule is CNC(=S)N1CCc2cc(OC)c(OC)cc2[C@H]1c1ccccc1F. The molecule has 6 heteroatoms. The van der Waals surface area contributed by atoms with Crippen molar-refractivity contribution in [2.75, 3.05) is 27.8 Å². The van der Waals surface area contributed by atoms with Gasteiger partial charge in [-0.25, -0.2) is 4.39 Å². The van der Waals surface area contributed by atoms with Crippen LogP contribution in [0.15, 0.2) is 36.4 Å². The third-order valence-corrected chi connectivity index (χ3v) is 4.99. The number of hydrogen-bond acceptors (Lipinski definition) is 3. The van der Waals surface area contributed by atoms with E-state index in [9.17, 15) is 4.39 Å². The van der Waals surface area contributed by atoms with E-state index in [1.54, 1.807) is 33.4 Å². The lowest BCUT2D eigenvalue weighted by Crippen LogP contribution is -2.45. The van der Waals surface area contributed by atoms with Gasteiger partial charge in [0, 0.05) is 19.2 Å². The van der Waals surface area contributed by atoms with Crippen molar-refractivity contribution in [2.45, 2.75) is 12.5 Å². The molecule has 2 aromatic rings. The van der Waals surface area contributed by atoms with E-state index in [0.29, 0.717) is 28.7 Å². The highest BCUT2D eigenvalue weighted by molar-refractivity contribution is 7.80. The third-order valence-electron chi connectivity index (χ3n) is 4.55. The standard InChI is InChI=1S/C19H21FN2O2S/c1-21-19(25)22-9-8-12-10-16(23-2)17(24-3)11-14(12)18(22)13-6-4-5-7-15(13)20/h4-7,10-11,18H,8-9H2,1-3H3,(H,21,25)/t18-/m1/s1. The third kappa shape index (κ3) is 3.14. The van der Waals surface area contributed by atoms with Crippen LogP contribution in [0.1, 0.15) is 22.7 Å². The van der Waals surface area contributed by atoms with Gasteiger partial charge in [0.25, 0.3) is 0 Å². The van der Waals surface area contributed by atoms with Gasteiger partial charge in [-0.15, -0.1) is 0 Å². The molecule has 1 atom stereocenters. The minimum atomic E-state index is -0.315. The number of nitrogens with one attached hydrogen (secondary N) is 1. The molecule has 1 aliphatic rings. The summed E-state index contributed by atoms with van der Waals surface area (Å²) in [6.07, 6.45) is 0.794. The summed E-state index contributed by atoms with van der Waals surface area (Å²) in [5, 5.41) is 3.61. The number of fused-ring (bicyclic) bond motifs is 1. The Balaban J connectivity index is 2.20. The highest BCUT2D eigenvalue weighted by Crippen LogP contribution is 2.41. The summed E-state index contributed by atoms with van der Waals surface area (Å²) in [6.45, 7) is 0.696. The summed E-state index contributed by atoms with van der Waals surface area (Å²) in [4.78, 5) is 2.02. The minimum absolute atomic E-state index is 0.251. The van der Waals surface area contributed by atoms with E-state index in [2.05, 4.69) is 5.32 Å². The smallest absolute Gasteiger partial charge is 0.169 e. The second kappa shape index (κ2) is 7.27. The van der Waals surface area contributed by atoms with Crippen LogP contribution < -0.4 is 14.8 Å². The number of benzene rings is 2. The van der Waals surface area contributed by atoms with Crippen LogP contribution in [0.5, 0.6) is 11.5 Å². The van der Waals surface area contributed by atoms with E-state index in [4.69, 9.17) is 21.7 Å². The van der Waals surface area contributed by atoms with Gasteiger partial charge in [0.1, 0.15) is 5.82 Å². The average molecular weight is 360 g/mol. The van der Waals surface area contributed by atoms with Crippen molar-refractivity contribution < 1.29 is 13.9 Å². The average Bonchev–Trinajstić information content (AvgIpc) is 2.65. The molecule has 0 amide bonds. The number of methoxy groups -OCH3 is 2. The van der Waals surface area contributed by atoms with Crippen molar-refractivity contribution in [3.05, 3.63) is 58.9 Å². The molecule has 3 rings (SSSR count). The van der Waals surface area contributed by atoms with Gasteiger partial charge in [0.15, 0.2) is 16.6 Å². The van der Waals surface area contributed by atoms with Gasteiger partial charge in [-0.1, -0.05) is 18.2 Å². The summed E-state index contributed by atoms with van der Waals surface area (Å²) in [5.74, 6) is 1.05. The summed E-state index contributed by atoms with van der Waals surface area (Å²) in [5.41, 5.74) is 2.68. The van der Waals surface area contributed by atoms with Gasteiger partial charge < -0.3 is 19.7 Å². The first-order valence-corrected chi connectivity index (χ1v) is 8.49. The molecule has 132 valence electrons. The van der Waals surface area contributed by atoms with Crippen LogP contribution in [0.25, 0.3) is 0 Å². The molecule has 25 heavy (non-hydrogen) atoms. The molecule has 0 saturated heterocycles. The van der Waals surface area contributed by atoms with Crippen molar-refractivity contribution in [3.8, 4) is 11.5 Å². The predicted octanol–water partition coefficient (Wildman–Crippen LogP) is 3.29. The Morgan fingerprint density at radius 1 is 1.16 bits per heavy atom. The molecule has 0 bridgehead atoms. The van der Waals surface area contributed by atoms with Crippen LogP contribution in [0, 0.1) is 5.82 Å². The Kier molecular flexibility index (Phi) is 5.08. The summed E-state index contributed by atoms with van der Waals surface area (Å²) in [7, 11) is 5.00. The zero-order chi connectivity index (χ0) is 18.0. The van der Waals surface area contributed by atoms with Crippen molar-refractivity contribution in [2.24, 2.45) is 0 Å². The molecular formula is C19H21FN2O2S. The normalized spacial score (nSPS) is 16.2. The second-order valence-corrected chi connectivity index (χ2v) is 6.22. The van der Waals surface area contributed by atoms with E-state index in [-0.39, 0.29) is 11.9 Å². The van der Waals surface area contributed by atoms with Crippen LogP contribution in [-0.2, 0) is 6.42 Å². The molecule has 1 heterocycles. The van der Waals surface area contributed by atoms with Crippen LogP contribution in [0.3, 0.4) is 0 Å². The maximum Gasteiger partial charge on any atom is 0.169 e. The second-order valence-electron chi connectivity index (χ2n) is 5.83. The molecule has 0 aromatic heterocycles. The molecule has 1 aliphatic heterocycles. The molecule has 2 aromatic carbocycles. The van der Waals surface area contributed by atoms with Gasteiger partial charge in [-0.05, 0) is 48.0 Å². The maximum atomic E-state index is 14.6. The van der Waals surface area contributed by atoms with Gasteiger partial charge in [-0.3, -0.25) is 0 Å². The lowest BCUT2D eigenvalue weighted by atomic mass is 9.87. The van der Waals surface area contributed by atoms with Crippen LogP contribution in [-0.4, -0.2) is 37.8 Å². The van der Waals surface area contributed by atoms with E-state index < -0.39 is 0 Å². The molecular weight excluding hydrogens is 339 g/mol. The van der Waals surface area contributed by atoms with E-state index in [0.717, 1.165) is 17.5 Å². The molecule has 0 radical (unpaired) electrons. The lowest BCUT2D eigenvalue weighted by molar-refractivity contribution is 0.320. The Hall–Kier alpha value is -2.34. The molecule has 0 unspecified atom stereocenters. The number of thiocarbonyl (C=S) groups is 1. The number of nitrogens with zero attached hydrogens (tertiary/aromatic N) is 1. The van der Waals surface area contributed by atoms with Crippen LogP contribution >= 0.6 is 12.2 Å². The van der Waals surface area contributed by atoms with E-state index in [1.165, 1.54) is 6.07 Å². The zero-order valence-corrected chi connectivity index (χ0v) is 15.3. The number of rotatable bonds is 3. The van der Waals surface area contributed by atoms with Gasteiger partial charge >= 0.3 is 0 Å². The fourth-order valence-electron chi connectivity index (χ4n) is 3.34. The molecule has 0 aliphatic carbocycles. The minimum Gasteiger partial charge on any atom is -0.493 e. The van der Waals surface area contributed by atoms with Crippen LogP contribution in [0.4, 0.5) is 4.39 Å². The van der Waals surface area contributed by atoms with Gasteiger partial charge in [0.05, 0.1) is 20.3 Å². The molecule has 1 N–H and O–H groups in total. The first-order valence-electron chi connectivity index (χ1n) is 8.08. The topological polar surface area (TPSA) is 33.7 Å². The quantitative estimate of drug-likeness (QED) is 0.850. The first kappa shape index (κ1) is 17.5. The van der Waals surface area contributed by atoms with Crippen molar-refractivity contribution in [1.82, 2.24) is 10.2 Å². The highest BCUT2D eigenvalue weighted by Gasteiger charge is 2.33. The first-order chi connectivity index (χ1) is 12.1. The summed E-state index contributed by atoms with van der Waals surface area (Å²) in [6, 6.07) is 10.4. The fourth-order valence-corrected chi connectivity index (χ4v) is 3.54. The molecule has 4 nitrogen and oxygen atoms in total. The Morgan fingerprint density at radius 3 is 2.48 bits per heavy atom. The number of ether oxygens (including phenoxy) is 2. The largest absolute Gasteiger partial charge is 0.493 e. The monoisotopic (exact) mass is 360 g/mol. The van der Waals surface area contributed by atoms with E-state index in [1.807, 2.05) is 23.1 Å². The predicted molar refractivity (Wildman–Crippen MR) is 99.9 cm³/mol. The molecule has 0 saturated carbocycles. The molecule has 0 fully saturated rings. The Morgan fingerprint density at radius 2 is 1.84 bits per heavy atom. The summed E-state index contributed by atoms with van der Waals surface area (Å²) < 4.78 is 25.5. The van der Waals surface area contributed by atoms with Crippen LogP contribution in [0.2, 0.25) is 0 Å². The lowest BCUT2D eigenvalue weighted by Gasteiger charge is -2.39. The van der Waals surface area contributed by atoms with Gasteiger partial charge in [-0.2, -0.15) is 0 Å². The maximum absolute atomic E-state index is 14.6. The zero-order valence-electron chi connectivity index (χ0n) is 14.5. The molecule has 0 spiro atoms. The van der Waals surface area contributed by atoms with Crippen molar-refractivity contribution in [1.29, 1.82) is 0 Å². The number of hydrogen-bond donors (Lipinski definition) is 1. The Labute approximate surface area is 152 Å². The summed E-state index contributed by atoms with van der Waals surface area (Å²) >= 11 is 5.47. The van der Waals surface area contributed by atoms with Crippen molar-refractivity contribution in [3.63, 3.8) is 0 Å². The van der Waals surface area contributed by atoms with E-state index >= 15 is 0 Å².